The van der Waals surface area contributed by atoms with Crippen molar-refractivity contribution in [2.24, 2.45) is 11.1 Å². The van der Waals surface area contributed by atoms with Gasteiger partial charge in [-0.3, -0.25) is 4.79 Å². The number of halogens is 1. The Labute approximate surface area is 135 Å². The van der Waals surface area contributed by atoms with E-state index in [1.807, 2.05) is 11.9 Å². The van der Waals surface area contributed by atoms with Gasteiger partial charge >= 0.3 is 0 Å². The maximum absolute atomic E-state index is 12.3. The van der Waals surface area contributed by atoms with Crippen LogP contribution in [-0.2, 0) is 9.53 Å². The lowest BCUT2D eigenvalue weighted by atomic mass is 9.54. The Bertz CT molecular complexity index is 332. The topological polar surface area (TPSA) is 55.6 Å². The fourth-order valence-electron chi connectivity index (χ4n) is 4.17. The highest BCUT2D eigenvalue weighted by molar-refractivity contribution is 5.85. The van der Waals surface area contributed by atoms with Crippen molar-refractivity contribution in [1.82, 2.24) is 4.90 Å². The van der Waals surface area contributed by atoms with E-state index >= 15 is 0 Å². The molecule has 1 amide bonds. The number of carbonyl (C=O) groups excluding carboxylic acids is 1. The molecule has 2 rings (SSSR count). The van der Waals surface area contributed by atoms with Gasteiger partial charge < -0.3 is 15.4 Å². The molecular weight excluding hydrogens is 288 g/mol. The van der Waals surface area contributed by atoms with E-state index in [2.05, 4.69) is 6.92 Å². The van der Waals surface area contributed by atoms with Crippen LogP contribution in [0.4, 0.5) is 0 Å². The molecule has 2 aliphatic rings. The predicted molar refractivity (Wildman–Crippen MR) is 87.6 cm³/mol. The first-order valence-electron chi connectivity index (χ1n) is 8.23. The summed E-state index contributed by atoms with van der Waals surface area (Å²) in [5.74, 6) is 0.250. The molecule has 5 heteroatoms. The molecule has 0 radical (unpaired) electrons. The van der Waals surface area contributed by atoms with Crippen LogP contribution in [0.3, 0.4) is 0 Å². The van der Waals surface area contributed by atoms with E-state index in [0.717, 1.165) is 19.4 Å². The molecule has 2 fully saturated rings. The molecule has 2 atom stereocenters. The molecule has 2 N–H and O–H groups in total. The molecule has 0 saturated heterocycles. The summed E-state index contributed by atoms with van der Waals surface area (Å²) in [4.78, 5) is 14.3. The lowest BCUT2D eigenvalue weighted by Crippen LogP contribution is -2.65. The molecular formula is C16H31ClN2O2. The van der Waals surface area contributed by atoms with Gasteiger partial charge in [0.15, 0.2) is 0 Å². The quantitative estimate of drug-likeness (QED) is 0.819. The van der Waals surface area contributed by atoms with Crippen LogP contribution in [0.25, 0.3) is 0 Å². The average molecular weight is 319 g/mol. The summed E-state index contributed by atoms with van der Waals surface area (Å²) in [6.45, 7) is 3.45. The Morgan fingerprint density at radius 1 is 1.33 bits per heavy atom. The highest BCUT2D eigenvalue weighted by Crippen LogP contribution is 2.55. The van der Waals surface area contributed by atoms with Crippen molar-refractivity contribution in [2.45, 2.75) is 70.4 Å². The first-order valence-corrected chi connectivity index (χ1v) is 8.23. The third-order valence-electron chi connectivity index (χ3n) is 5.35. The minimum absolute atomic E-state index is 0. The summed E-state index contributed by atoms with van der Waals surface area (Å²) in [5.41, 5.74) is 5.74. The second-order valence-corrected chi connectivity index (χ2v) is 6.39. The number of carbonyl (C=O) groups is 1. The second kappa shape index (κ2) is 8.35. The monoisotopic (exact) mass is 318 g/mol. The zero-order chi connectivity index (χ0) is 14.6. The van der Waals surface area contributed by atoms with Crippen LogP contribution in [0, 0.1) is 5.41 Å². The summed E-state index contributed by atoms with van der Waals surface area (Å²) >= 11 is 0. The van der Waals surface area contributed by atoms with E-state index < -0.39 is 0 Å². The lowest BCUT2D eigenvalue weighted by molar-refractivity contribution is -0.185. The number of hydrogen-bond donors (Lipinski definition) is 1. The molecule has 124 valence electrons. The molecule has 2 aliphatic carbocycles. The fraction of sp³-hybridized carbons (Fsp3) is 0.938. The Morgan fingerprint density at radius 2 is 2.00 bits per heavy atom. The average Bonchev–Trinajstić information content (AvgIpc) is 2.48. The Morgan fingerprint density at radius 3 is 2.57 bits per heavy atom. The van der Waals surface area contributed by atoms with Gasteiger partial charge in [-0.25, -0.2) is 0 Å². The number of amides is 1. The summed E-state index contributed by atoms with van der Waals surface area (Å²) in [6.07, 6.45) is 9.08. The number of rotatable bonds is 6. The van der Waals surface area contributed by atoms with Crippen molar-refractivity contribution in [3.05, 3.63) is 0 Å². The van der Waals surface area contributed by atoms with Crippen LogP contribution in [0.2, 0.25) is 0 Å². The smallest absolute Gasteiger partial charge is 0.222 e. The van der Waals surface area contributed by atoms with Crippen LogP contribution in [0.5, 0.6) is 0 Å². The van der Waals surface area contributed by atoms with Crippen molar-refractivity contribution >= 4 is 18.3 Å². The van der Waals surface area contributed by atoms with Crippen molar-refractivity contribution in [2.75, 3.05) is 20.2 Å². The van der Waals surface area contributed by atoms with Crippen LogP contribution < -0.4 is 5.73 Å². The first kappa shape index (κ1) is 18.7. The second-order valence-electron chi connectivity index (χ2n) is 6.39. The predicted octanol–water partition coefficient (Wildman–Crippen LogP) is 2.73. The van der Waals surface area contributed by atoms with E-state index in [1.165, 1.54) is 32.1 Å². The van der Waals surface area contributed by atoms with Crippen molar-refractivity contribution in [3.8, 4) is 0 Å². The molecule has 2 unspecified atom stereocenters. The van der Waals surface area contributed by atoms with Crippen molar-refractivity contribution in [1.29, 1.82) is 0 Å². The van der Waals surface area contributed by atoms with Crippen LogP contribution in [-0.4, -0.2) is 43.2 Å². The van der Waals surface area contributed by atoms with Crippen LogP contribution >= 0.6 is 12.4 Å². The minimum atomic E-state index is 0. The lowest BCUT2D eigenvalue weighted by Gasteiger charge is -2.60. The van der Waals surface area contributed by atoms with Crippen LogP contribution in [0.15, 0.2) is 0 Å². The molecule has 0 bridgehead atoms. The summed E-state index contributed by atoms with van der Waals surface area (Å²) in [5, 5.41) is 0. The molecule has 0 aromatic carbocycles. The summed E-state index contributed by atoms with van der Waals surface area (Å²) in [7, 11) is 1.97. The number of nitrogens with two attached hydrogens (primary N) is 1. The highest BCUT2D eigenvalue weighted by atomic mass is 35.5. The zero-order valence-electron chi connectivity index (χ0n) is 13.5. The molecule has 0 heterocycles. The molecule has 0 aromatic heterocycles. The van der Waals surface area contributed by atoms with Gasteiger partial charge in [0, 0.05) is 31.5 Å². The van der Waals surface area contributed by atoms with Gasteiger partial charge in [-0.05, 0) is 39.2 Å². The SMILES string of the molecule is CCOC1CC(N(C)C(=O)CCCN)C12CCCCC2.Cl. The largest absolute Gasteiger partial charge is 0.378 e. The van der Waals surface area contributed by atoms with Gasteiger partial charge in [0.1, 0.15) is 0 Å². The molecule has 4 nitrogen and oxygen atoms in total. The van der Waals surface area contributed by atoms with Gasteiger partial charge in [-0.15, -0.1) is 12.4 Å². The Kier molecular flexibility index (Phi) is 7.45. The van der Waals surface area contributed by atoms with Gasteiger partial charge in [-0.1, -0.05) is 19.3 Å². The van der Waals surface area contributed by atoms with Gasteiger partial charge in [0.05, 0.1) is 6.10 Å². The van der Waals surface area contributed by atoms with E-state index in [1.54, 1.807) is 0 Å². The highest BCUT2D eigenvalue weighted by Gasteiger charge is 2.57. The summed E-state index contributed by atoms with van der Waals surface area (Å²) in [6, 6.07) is 0.379. The van der Waals surface area contributed by atoms with Gasteiger partial charge in [0.2, 0.25) is 5.91 Å². The maximum Gasteiger partial charge on any atom is 0.222 e. The number of hydrogen-bond acceptors (Lipinski definition) is 3. The van der Waals surface area contributed by atoms with Crippen molar-refractivity contribution < 1.29 is 9.53 Å². The van der Waals surface area contributed by atoms with E-state index in [4.69, 9.17) is 10.5 Å². The molecule has 1 spiro atoms. The Balaban J connectivity index is 0.00000220. The standard InChI is InChI=1S/C16H30N2O2.ClH/c1-3-20-14-12-13(16(14)9-5-4-6-10-16)18(2)15(19)8-7-11-17;/h13-14H,3-12,17H2,1-2H3;1H. The van der Waals surface area contributed by atoms with Crippen molar-refractivity contribution in [3.63, 3.8) is 0 Å². The number of nitrogens with zero attached hydrogens (tertiary/aromatic N) is 1. The molecule has 0 aromatic rings. The molecule has 2 saturated carbocycles. The first-order chi connectivity index (χ1) is 9.65. The maximum atomic E-state index is 12.3. The Hall–Kier alpha value is -0.320. The van der Waals surface area contributed by atoms with E-state index in [0.29, 0.717) is 25.1 Å². The molecule has 0 aliphatic heterocycles. The van der Waals surface area contributed by atoms with E-state index in [-0.39, 0.29) is 23.7 Å². The summed E-state index contributed by atoms with van der Waals surface area (Å²) < 4.78 is 5.95. The molecule has 21 heavy (non-hydrogen) atoms. The van der Waals surface area contributed by atoms with Gasteiger partial charge in [-0.2, -0.15) is 0 Å². The zero-order valence-corrected chi connectivity index (χ0v) is 14.3. The normalized spacial score (nSPS) is 26.8. The minimum Gasteiger partial charge on any atom is -0.378 e. The van der Waals surface area contributed by atoms with E-state index in [9.17, 15) is 4.79 Å². The third-order valence-corrected chi connectivity index (χ3v) is 5.35. The van der Waals surface area contributed by atoms with Gasteiger partial charge in [0.25, 0.3) is 0 Å². The third kappa shape index (κ3) is 3.72. The fourth-order valence-corrected chi connectivity index (χ4v) is 4.17. The van der Waals surface area contributed by atoms with Crippen LogP contribution in [0.1, 0.15) is 58.3 Å². The number of ether oxygens (including phenoxy) is 1.